The van der Waals surface area contributed by atoms with E-state index in [1.54, 1.807) is 30.7 Å². The summed E-state index contributed by atoms with van der Waals surface area (Å²) in [5, 5.41) is 1.23. The molecule has 0 aliphatic carbocycles. The van der Waals surface area contributed by atoms with Crippen molar-refractivity contribution in [2.75, 3.05) is 4.72 Å². The first-order valence-electron chi connectivity index (χ1n) is 10.3. The van der Waals surface area contributed by atoms with Crippen LogP contribution in [0.3, 0.4) is 0 Å². The number of hydrogen-bond acceptors (Lipinski definition) is 5. The van der Waals surface area contributed by atoms with Crippen LogP contribution < -0.4 is 4.72 Å². The normalized spacial score (nSPS) is 11.5. The molecule has 0 aliphatic heterocycles. The van der Waals surface area contributed by atoms with Crippen molar-refractivity contribution >= 4 is 49.8 Å². The Hall–Kier alpha value is -3.59. The summed E-state index contributed by atoms with van der Waals surface area (Å²) in [5.41, 5.74) is 4.09. The van der Waals surface area contributed by atoms with Crippen molar-refractivity contribution in [1.29, 1.82) is 0 Å². The first-order chi connectivity index (χ1) is 16.8. The Labute approximate surface area is 210 Å². The molecule has 3 aromatic heterocycles. The highest BCUT2D eigenvalue weighted by Gasteiger charge is 2.17. The zero-order valence-corrected chi connectivity index (χ0v) is 20.1. The molecule has 0 amide bonds. The maximum atomic E-state index is 13.2. The third-order valence-electron chi connectivity index (χ3n) is 5.32. The van der Waals surface area contributed by atoms with E-state index in [0.29, 0.717) is 10.7 Å². The number of halogens is 3. The highest BCUT2D eigenvalue weighted by Crippen LogP contribution is 2.34. The second-order valence-electron chi connectivity index (χ2n) is 7.58. The number of aromatic nitrogens is 3. The van der Waals surface area contributed by atoms with E-state index in [4.69, 9.17) is 23.2 Å². The highest BCUT2D eigenvalue weighted by atomic mass is 35.5. The molecule has 0 saturated carbocycles. The molecule has 0 spiro atoms. The van der Waals surface area contributed by atoms with Gasteiger partial charge in [-0.25, -0.2) is 22.8 Å². The van der Waals surface area contributed by atoms with Crippen LogP contribution in [0, 0.1) is 5.82 Å². The van der Waals surface area contributed by atoms with Crippen molar-refractivity contribution in [2.45, 2.75) is 4.90 Å². The maximum absolute atomic E-state index is 13.2. The van der Waals surface area contributed by atoms with E-state index >= 15 is 0 Å². The van der Waals surface area contributed by atoms with E-state index < -0.39 is 15.8 Å². The van der Waals surface area contributed by atoms with E-state index in [9.17, 15) is 12.8 Å². The average molecular weight is 525 g/mol. The lowest BCUT2D eigenvalue weighted by molar-refractivity contribution is 0.599. The zero-order valence-electron chi connectivity index (χ0n) is 17.8. The van der Waals surface area contributed by atoms with Crippen LogP contribution in [0.25, 0.3) is 33.2 Å². The summed E-state index contributed by atoms with van der Waals surface area (Å²) < 4.78 is 41.2. The van der Waals surface area contributed by atoms with Crippen LogP contribution in [-0.2, 0) is 10.0 Å². The molecule has 35 heavy (non-hydrogen) atoms. The van der Waals surface area contributed by atoms with E-state index in [1.165, 1.54) is 12.1 Å². The molecule has 0 radical (unpaired) electrons. The minimum Gasteiger partial charge on any atom is -0.276 e. The van der Waals surface area contributed by atoms with Crippen molar-refractivity contribution in [2.24, 2.45) is 0 Å². The number of rotatable bonds is 5. The molecule has 5 rings (SSSR count). The molecule has 0 bridgehead atoms. The van der Waals surface area contributed by atoms with Crippen LogP contribution in [0.4, 0.5) is 10.1 Å². The lowest BCUT2D eigenvalue weighted by Gasteiger charge is -2.12. The van der Waals surface area contributed by atoms with Gasteiger partial charge >= 0.3 is 0 Å². The number of pyridine rings is 3. The number of hydrogen-bond donors (Lipinski definition) is 1. The van der Waals surface area contributed by atoms with Gasteiger partial charge < -0.3 is 0 Å². The Morgan fingerprint density at radius 3 is 2.31 bits per heavy atom. The Kier molecular flexibility index (Phi) is 6.10. The van der Waals surface area contributed by atoms with E-state index in [0.717, 1.165) is 39.7 Å². The largest absolute Gasteiger partial charge is 0.276 e. The second-order valence-corrected chi connectivity index (χ2v) is 10.0. The summed E-state index contributed by atoms with van der Waals surface area (Å²) in [4.78, 5) is 12.5. The van der Waals surface area contributed by atoms with Gasteiger partial charge in [0, 0.05) is 29.5 Å². The van der Waals surface area contributed by atoms with E-state index in [-0.39, 0.29) is 15.7 Å². The summed E-state index contributed by atoms with van der Waals surface area (Å²) in [5.74, 6) is -0.537. The van der Waals surface area contributed by atoms with Crippen molar-refractivity contribution in [3.8, 4) is 22.3 Å². The quantitative estimate of drug-likeness (QED) is 0.261. The smallest absolute Gasteiger partial charge is 0.261 e. The Morgan fingerprint density at radius 2 is 1.54 bits per heavy atom. The van der Waals surface area contributed by atoms with Gasteiger partial charge in [0.25, 0.3) is 10.0 Å². The predicted molar refractivity (Wildman–Crippen MR) is 135 cm³/mol. The molecule has 0 saturated heterocycles. The fourth-order valence-electron chi connectivity index (χ4n) is 3.64. The summed E-state index contributed by atoms with van der Waals surface area (Å²) in [6, 6.07) is 17.3. The predicted octanol–water partition coefficient (Wildman–Crippen LogP) is 6.61. The minimum absolute atomic E-state index is 0.0194. The Bertz CT molecular complexity index is 1680. The second kappa shape index (κ2) is 9.22. The number of benzene rings is 2. The van der Waals surface area contributed by atoms with Crippen molar-refractivity contribution in [3.05, 3.63) is 101 Å². The summed E-state index contributed by atoms with van der Waals surface area (Å²) in [7, 11) is -4.00. The molecule has 6 nitrogen and oxygen atoms in total. The van der Waals surface area contributed by atoms with Crippen LogP contribution >= 0.6 is 23.2 Å². The topological polar surface area (TPSA) is 84.8 Å². The van der Waals surface area contributed by atoms with Gasteiger partial charge in [-0.1, -0.05) is 29.3 Å². The van der Waals surface area contributed by atoms with E-state index in [1.807, 2.05) is 30.3 Å². The number of nitrogens with one attached hydrogen (secondary N) is 1. The lowest BCUT2D eigenvalue weighted by atomic mass is 9.98. The van der Waals surface area contributed by atoms with Crippen LogP contribution in [0.5, 0.6) is 0 Å². The lowest BCUT2D eigenvalue weighted by Crippen LogP contribution is -2.13. The Morgan fingerprint density at radius 1 is 0.771 bits per heavy atom. The summed E-state index contributed by atoms with van der Waals surface area (Å²) in [6.07, 6.45) is 4.91. The van der Waals surface area contributed by atoms with Crippen LogP contribution in [0.2, 0.25) is 10.3 Å². The SMILES string of the molecule is O=S(=O)(Nc1cc(-c2ccc3nccc(-c4ccnc(Cl)c4)c3c2)cnc1Cl)c1ccc(F)cc1. The van der Waals surface area contributed by atoms with Crippen LogP contribution in [0.1, 0.15) is 0 Å². The van der Waals surface area contributed by atoms with Gasteiger partial charge in [0.05, 0.1) is 16.1 Å². The number of anilines is 1. The molecule has 1 N–H and O–H groups in total. The molecule has 0 atom stereocenters. The van der Waals surface area contributed by atoms with Crippen LogP contribution in [-0.4, -0.2) is 23.4 Å². The van der Waals surface area contributed by atoms with Gasteiger partial charge in [-0.05, 0) is 77.4 Å². The van der Waals surface area contributed by atoms with Gasteiger partial charge in [0.15, 0.2) is 5.15 Å². The van der Waals surface area contributed by atoms with Crippen LogP contribution in [0.15, 0.2) is 90.2 Å². The molecule has 3 heterocycles. The first-order valence-corrected chi connectivity index (χ1v) is 12.5. The van der Waals surface area contributed by atoms with Gasteiger partial charge in [0.2, 0.25) is 0 Å². The standard InChI is InChI=1S/C25H15Cl2FN4O2S/c26-24-13-16(7-9-30-24)20-8-10-29-22-6-1-15(11-21(20)22)17-12-23(25(27)31-14-17)32-35(33,34)19-4-2-18(28)3-5-19/h1-14,32H. The van der Waals surface area contributed by atoms with Crippen molar-refractivity contribution in [3.63, 3.8) is 0 Å². The number of nitrogens with zero attached hydrogens (tertiary/aromatic N) is 3. The number of fused-ring (bicyclic) bond motifs is 1. The molecule has 0 fully saturated rings. The zero-order chi connectivity index (χ0) is 24.6. The average Bonchev–Trinajstić information content (AvgIpc) is 2.85. The van der Waals surface area contributed by atoms with E-state index in [2.05, 4.69) is 19.7 Å². The van der Waals surface area contributed by atoms with Crippen molar-refractivity contribution in [1.82, 2.24) is 15.0 Å². The fourth-order valence-corrected chi connectivity index (χ4v) is 5.08. The van der Waals surface area contributed by atoms with Crippen molar-refractivity contribution < 1.29 is 12.8 Å². The molecule has 2 aromatic carbocycles. The van der Waals surface area contributed by atoms with Gasteiger partial charge in [0.1, 0.15) is 11.0 Å². The van der Waals surface area contributed by atoms with Gasteiger partial charge in [-0.3, -0.25) is 9.71 Å². The maximum Gasteiger partial charge on any atom is 0.261 e. The third-order valence-corrected chi connectivity index (χ3v) is 7.21. The molecular weight excluding hydrogens is 510 g/mol. The highest BCUT2D eigenvalue weighted by molar-refractivity contribution is 7.92. The molecule has 0 aliphatic rings. The molecule has 10 heteroatoms. The minimum atomic E-state index is -4.00. The monoisotopic (exact) mass is 524 g/mol. The summed E-state index contributed by atoms with van der Waals surface area (Å²) in [6.45, 7) is 0. The van der Waals surface area contributed by atoms with Gasteiger partial charge in [-0.2, -0.15) is 0 Å². The number of sulfonamides is 1. The van der Waals surface area contributed by atoms with Gasteiger partial charge in [-0.15, -0.1) is 0 Å². The fraction of sp³-hybridized carbons (Fsp3) is 0. The summed E-state index contributed by atoms with van der Waals surface area (Å²) >= 11 is 12.3. The third kappa shape index (κ3) is 4.81. The Balaban J connectivity index is 1.56. The molecule has 174 valence electrons. The first kappa shape index (κ1) is 23.2. The molecule has 0 unspecified atom stereocenters. The molecular formula is C25H15Cl2FN4O2S. The molecule has 5 aromatic rings.